The molecule has 0 bridgehead atoms. The molecule has 1 aliphatic rings. The molecule has 1 aliphatic heterocycles. The van der Waals surface area contributed by atoms with Gasteiger partial charge >= 0.3 is 6.09 Å². The summed E-state index contributed by atoms with van der Waals surface area (Å²) in [7, 11) is 0. The van der Waals surface area contributed by atoms with E-state index < -0.39 is 0 Å². The smallest absolute Gasteiger partial charge is 0.409 e. The molecule has 1 saturated heterocycles. The molecule has 0 aromatic carbocycles. The van der Waals surface area contributed by atoms with Crippen molar-refractivity contribution in [2.24, 2.45) is 0 Å². The number of ether oxygens (including phenoxy) is 1. The van der Waals surface area contributed by atoms with E-state index in [0.29, 0.717) is 45.0 Å². The van der Waals surface area contributed by atoms with Gasteiger partial charge in [-0.15, -0.1) is 0 Å². The van der Waals surface area contributed by atoms with Crippen molar-refractivity contribution in [3.63, 3.8) is 0 Å². The minimum Gasteiger partial charge on any atom is -0.450 e. The zero-order chi connectivity index (χ0) is 18.4. The number of hydrogen-bond donors (Lipinski definition) is 1. The molecule has 1 aromatic heterocycles. The van der Waals surface area contributed by atoms with Gasteiger partial charge in [-0.1, -0.05) is 0 Å². The number of carbonyl (C=O) groups is 3. The Hall–Kier alpha value is -2.58. The summed E-state index contributed by atoms with van der Waals surface area (Å²) in [6.45, 7) is 8.03. The highest BCUT2D eigenvalue weighted by atomic mass is 16.6. The number of aryl methyl sites for hydroxylation is 2. The fraction of sp³-hybridized carbons (Fsp3) is 0.625. The minimum atomic E-state index is -0.355. The quantitative estimate of drug-likeness (QED) is 0.820. The van der Waals surface area contributed by atoms with Gasteiger partial charge < -0.3 is 19.9 Å². The van der Waals surface area contributed by atoms with Crippen LogP contribution in [-0.4, -0.2) is 76.8 Å². The minimum absolute atomic E-state index is 0.0772. The second kappa shape index (κ2) is 8.50. The van der Waals surface area contributed by atoms with E-state index >= 15 is 0 Å². The van der Waals surface area contributed by atoms with Crippen LogP contribution >= 0.6 is 0 Å². The fourth-order valence-corrected chi connectivity index (χ4v) is 2.68. The van der Waals surface area contributed by atoms with E-state index in [1.54, 1.807) is 27.5 Å². The van der Waals surface area contributed by atoms with E-state index in [9.17, 15) is 14.4 Å². The Morgan fingerprint density at radius 3 is 2.40 bits per heavy atom. The van der Waals surface area contributed by atoms with Gasteiger partial charge in [0.15, 0.2) is 0 Å². The molecule has 2 heterocycles. The zero-order valence-electron chi connectivity index (χ0n) is 14.9. The van der Waals surface area contributed by atoms with Gasteiger partial charge in [0, 0.05) is 32.7 Å². The highest BCUT2D eigenvalue weighted by Crippen LogP contribution is 2.05. The van der Waals surface area contributed by atoms with Gasteiger partial charge in [-0.3, -0.25) is 14.3 Å². The molecule has 0 unspecified atom stereocenters. The second-order valence-electron chi connectivity index (χ2n) is 5.74. The molecule has 2 rings (SSSR count). The van der Waals surface area contributed by atoms with Crippen LogP contribution < -0.4 is 5.32 Å². The van der Waals surface area contributed by atoms with Crippen LogP contribution in [0.4, 0.5) is 4.79 Å². The lowest BCUT2D eigenvalue weighted by atomic mass is 10.3. The molecule has 0 saturated carbocycles. The summed E-state index contributed by atoms with van der Waals surface area (Å²) in [4.78, 5) is 39.3. The normalized spacial score (nSPS) is 14.4. The molecule has 0 radical (unpaired) electrons. The van der Waals surface area contributed by atoms with E-state index in [1.807, 2.05) is 13.8 Å². The monoisotopic (exact) mass is 351 g/mol. The number of carbonyl (C=O) groups excluding carboxylic acids is 3. The van der Waals surface area contributed by atoms with Crippen molar-refractivity contribution in [1.29, 1.82) is 0 Å². The van der Waals surface area contributed by atoms with Crippen molar-refractivity contribution in [3.05, 3.63) is 17.5 Å². The standard InChI is InChI=1S/C16H25N5O4/c1-4-21-13(10-12(3)18-21)15(23)17-11-14(22)19-6-8-20(9-7-19)16(24)25-5-2/h10H,4-9,11H2,1-3H3,(H,17,23). The van der Waals surface area contributed by atoms with Crippen molar-refractivity contribution in [3.8, 4) is 0 Å². The van der Waals surface area contributed by atoms with Crippen molar-refractivity contribution in [2.75, 3.05) is 39.3 Å². The number of nitrogens with one attached hydrogen (secondary N) is 1. The van der Waals surface area contributed by atoms with Crippen LogP contribution in [0.15, 0.2) is 6.07 Å². The topological polar surface area (TPSA) is 96.8 Å². The highest BCUT2D eigenvalue weighted by molar-refractivity contribution is 5.95. The van der Waals surface area contributed by atoms with E-state index in [0.717, 1.165) is 5.69 Å². The van der Waals surface area contributed by atoms with Crippen LogP contribution in [0.1, 0.15) is 30.0 Å². The summed E-state index contributed by atoms with van der Waals surface area (Å²) in [5.74, 6) is -0.489. The first kappa shape index (κ1) is 18.8. The first-order valence-corrected chi connectivity index (χ1v) is 8.48. The Labute approximate surface area is 146 Å². The van der Waals surface area contributed by atoms with Crippen LogP contribution in [0.25, 0.3) is 0 Å². The average Bonchev–Trinajstić information content (AvgIpc) is 3.00. The Kier molecular flexibility index (Phi) is 6.37. The molecule has 1 aromatic rings. The fourth-order valence-electron chi connectivity index (χ4n) is 2.68. The molecule has 0 atom stereocenters. The molecule has 3 amide bonds. The summed E-state index contributed by atoms with van der Waals surface area (Å²) < 4.78 is 6.55. The molecule has 0 spiro atoms. The maximum Gasteiger partial charge on any atom is 0.409 e. The van der Waals surface area contributed by atoms with Gasteiger partial charge in [0.25, 0.3) is 5.91 Å². The van der Waals surface area contributed by atoms with Crippen LogP contribution in [0.3, 0.4) is 0 Å². The van der Waals surface area contributed by atoms with Crippen LogP contribution in [-0.2, 0) is 16.1 Å². The summed E-state index contributed by atoms with van der Waals surface area (Å²) in [6, 6.07) is 1.70. The predicted molar refractivity (Wildman–Crippen MR) is 90.1 cm³/mol. The number of rotatable bonds is 5. The third kappa shape index (κ3) is 4.71. The lowest BCUT2D eigenvalue weighted by Crippen LogP contribution is -2.52. The average molecular weight is 351 g/mol. The molecule has 1 N–H and O–H groups in total. The molecule has 0 aliphatic carbocycles. The number of aromatic nitrogens is 2. The van der Waals surface area contributed by atoms with Gasteiger partial charge in [0.1, 0.15) is 5.69 Å². The Morgan fingerprint density at radius 1 is 1.16 bits per heavy atom. The third-order valence-electron chi connectivity index (χ3n) is 3.99. The SMILES string of the molecule is CCOC(=O)N1CCN(C(=O)CNC(=O)c2cc(C)nn2CC)CC1. The summed E-state index contributed by atoms with van der Waals surface area (Å²) in [6.07, 6.45) is -0.355. The van der Waals surface area contributed by atoms with E-state index in [2.05, 4.69) is 10.4 Å². The molecule has 9 nitrogen and oxygen atoms in total. The summed E-state index contributed by atoms with van der Waals surface area (Å²) in [5, 5.41) is 6.86. The molecule has 138 valence electrons. The molecular formula is C16H25N5O4. The highest BCUT2D eigenvalue weighted by Gasteiger charge is 2.25. The van der Waals surface area contributed by atoms with Gasteiger partial charge in [-0.25, -0.2) is 4.79 Å². The van der Waals surface area contributed by atoms with Crippen LogP contribution in [0.5, 0.6) is 0 Å². The van der Waals surface area contributed by atoms with Crippen molar-refractivity contribution in [2.45, 2.75) is 27.3 Å². The third-order valence-corrected chi connectivity index (χ3v) is 3.99. The Morgan fingerprint density at radius 2 is 1.80 bits per heavy atom. The molecule has 9 heteroatoms. The maximum absolute atomic E-state index is 12.2. The van der Waals surface area contributed by atoms with Gasteiger partial charge in [0.2, 0.25) is 5.91 Å². The molecular weight excluding hydrogens is 326 g/mol. The van der Waals surface area contributed by atoms with Crippen molar-refractivity contribution >= 4 is 17.9 Å². The number of nitrogens with zero attached hydrogens (tertiary/aromatic N) is 4. The van der Waals surface area contributed by atoms with E-state index in [4.69, 9.17) is 4.74 Å². The van der Waals surface area contributed by atoms with Crippen LogP contribution in [0.2, 0.25) is 0 Å². The zero-order valence-corrected chi connectivity index (χ0v) is 14.9. The van der Waals surface area contributed by atoms with Gasteiger partial charge in [0.05, 0.1) is 18.8 Å². The Balaban J connectivity index is 1.81. The molecule has 25 heavy (non-hydrogen) atoms. The second-order valence-corrected chi connectivity index (χ2v) is 5.74. The first-order valence-electron chi connectivity index (χ1n) is 8.48. The largest absolute Gasteiger partial charge is 0.450 e. The van der Waals surface area contributed by atoms with E-state index in [-0.39, 0.29) is 24.5 Å². The predicted octanol–water partition coefficient (Wildman–Crippen LogP) is 0.242. The van der Waals surface area contributed by atoms with Gasteiger partial charge in [-0.05, 0) is 26.8 Å². The lowest BCUT2D eigenvalue weighted by molar-refractivity contribution is -0.131. The lowest BCUT2D eigenvalue weighted by Gasteiger charge is -2.34. The number of hydrogen-bond acceptors (Lipinski definition) is 5. The Bertz CT molecular complexity index is 634. The maximum atomic E-state index is 12.2. The van der Waals surface area contributed by atoms with Crippen molar-refractivity contribution in [1.82, 2.24) is 24.9 Å². The summed E-state index contributed by atoms with van der Waals surface area (Å²) >= 11 is 0. The summed E-state index contributed by atoms with van der Waals surface area (Å²) in [5.41, 5.74) is 1.20. The van der Waals surface area contributed by atoms with Crippen LogP contribution in [0, 0.1) is 6.92 Å². The van der Waals surface area contributed by atoms with Gasteiger partial charge in [-0.2, -0.15) is 5.10 Å². The first-order chi connectivity index (χ1) is 12.0. The number of piperazine rings is 1. The van der Waals surface area contributed by atoms with E-state index in [1.165, 1.54) is 0 Å². The molecule has 1 fully saturated rings. The van der Waals surface area contributed by atoms with Crippen molar-refractivity contribution < 1.29 is 19.1 Å². The number of amides is 3.